The number of hydrogen-bond donors (Lipinski definition) is 1. The van der Waals surface area contributed by atoms with Gasteiger partial charge in [-0.25, -0.2) is 9.78 Å². The molecule has 11 heteroatoms. The molecule has 3 rings (SSSR count). The van der Waals surface area contributed by atoms with Crippen LogP contribution in [-0.2, 0) is 27.4 Å². The summed E-state index contributed by atoms with van der Waals surface area (Å²) in [5, 5.41) is 13.3. The zero-order valence-electron chi connectivity index (χ0n) is 18.0. The third kappa shape index (κ3) is 5.99. The number of nitro groups is 1. The molecule has 11 nitrogen and oxygen atoms in total. The maximum Gasteiger partial charge on any atom is 0.412 e. The molecule has 0 saturated heterocycles. The number of anilines is 1. The van der Waals surface area contributed by atoms with Crippen molar-refractivity contribution in [3.63, 3.8) is 0 Å². The topological polar surface area (TPSA) is 135 Å². The molecule has 0 atom stereocenters. The molecule has 33 heavy (non-hydrogen) atoms. The number of nitro benzene ring substituents is 1. The molecule has 0 aliphatic rings. The Bertz CT molecular complexity index is 1160. The summed E-state index contributed by atoms with van der Waals surface area (Å²) in [6, 6.07) is 14.7. The molecule has 0 fully saturated rings. The van der Waals surface area contributed by atoms with E-state index in [4.69, 9.17) is 14.2 Å². The Kier molecular flexibility index (Phi) is 7.84. The lowest BCUT2D eigenvalue weighted by Crippen LogP contribution is -2.33. The van der Waals surface area contributed by atoms with Crippen molar-refractivity contribution in [2.45, 2.75) is 19.4 Å². The molecule has 1 N–H and O–H groups in total. The van der Waals surface area contributed by atoms with Gasteiger partial charge in [0.2, 0.25) is 0 Å². The van der Waals surface area contributed by atoms with Gasteiger partial charge in [0.25, 0.3) is 11.2 Å². The fraction of sp³-hybridized carbons (Fsp3) is 0.227. The Morgan fingerprint density at radius 2 is 1.79 bits per heavy atom. The molecular weight excluding hydrogens is 432 g/mol. The quantitative estimate of drug-likeness (QED) is 0.296. The summed E-state index contributed by atoms with van der Waals surface area (Å²) in [6.07, 6.45) is -0.391. The van der Waals surface area contributed by atoms with Crippen LogP contribution in [0.3, 0.4) is 0 Å². The van der Waals surface area contributed by atoms with Crippen molar-refractivity contribution < 1.29 is 23.9 Å². The number of ether oxygens (including phenoxy) is 3. The van der Waals surface area contributed by atoms with E-state index in [1.807, 2.05) is 18.2 Å². The normalized spacial score (nSPS) is 10.8. The molecule has 2 aromatic carbocycles. The van der Waals surface area contributed by atoms with Crippen LogP contribution >= 0.6 is 0 Å². The number of carbonyl (C=O) groups excluding carboxylic acids is 1. The van der Waals surface area contributed by atoms with Crippen molar-refractivity contribution in [3.05, 3.63) is 86.8 Å². The number of hydrogen-bond acceptors (Lipinski definition) is 8. The number of aromatic nitrogens is 2. The van der Waals surface area contributed by atoms with Gasteiger partial charge in [0, 0.05) is 31.9 Å². The second kappa shape index (κ2) is 11.0. The van der Waals surface area contributed by atoms with Crippen LogP contribution in [-0.4, -0.2) is 41.1 Å². The van der Waals surface area contributed by atoms with Crippen molar-refractivity contribution in [3.8, 4) is 11.4 Å². The van der Waals surface area contributed by atoms with E-state index in [-0.39, 0.29) is 30.4 Å². The smallest absolute Gasteiger partial charge is 0.412 e. The Morgan fingerprint density at radius 1 is 1.12 bits per heavy atom. The number of nitrogens with one attached hydrogen (secondary N) is 1. The first-order valence-corrected chi connectivity index (χ1v) is 9.81. The van der Waals surface area contributed by atoms with Crippen LogP contribution in [0, 0.1) is 10.1 Å². The standard InChI is InChI=1S/C22H22N4O7/c1-31-19(32-2)13-25-20(16-8-10-17(11-9-16)26(29)30)23-12-18(21(25)27)24-22(28)33-14-15-6-4-3-5-7-15/h3-12,19H,13-14H2,1-2H3,(H,24,28). The van der Waals surface area contributed by atoms with Gasteiger partial charge in [-0.15, -0.1) is 0 Å². The summed E-state index contributed by atoms with van der Waals surface area (Å²) in [7, 11) is 2.84. The highest BCUT2D eigenvalue weighted by Crippen LogP contribution is 2.21. The third-order valence-corrected chi connectivity index (χ3v) is 4.69. The van der Waals surface area contributed by atoms with Gasteiger partial charge >= 0.3 is 6.09 Å². The van der Waals surface area contributed by atoms with E-state index in [1.54, 1.807) is 12.1 Å². The lowest BCUT2D eigenvalue weighted by atomic mass is 10.2. The summed E-state index contributed by atoms with van der Waals surface area (Å²) in [5.74, 6) is 0.220. The van der Waals surface area contributed by atoms with Crippen LogP contribution in [0.15, 0.2) is 65.6 Å². The molecule has 172 valence electrons. The molecule has 0 bridgehead atoms. The fourth-order valence-corrected chi connectivity index (χ4v) is 2.97. The molecule has 0 aliphatic carbocycles. The van der Waals surface area contributed by atoms with Crippen LogP contribution in [0.5, 0.6) is 0 Å². The molecule has 0 saturated carbocycles. The highest BCUT2D eigenvalue weighted by Gasteiger charge is 2.18. The highest BCUT2D eigenvalue weighted by molar-refractivity contribution is 5.84. The molecule has 0 unspecified atom stereocenters. The number of amides is 1. The molecule has 0 aliphatic heterocycles. The minimum absolute atomic E-state index is 0.0323. The van der Waals surface area contributed by atoms with Crippen LogP contribution in [0.2, 0.25) is 0 Å². The number of non-ortho nitro benzene ring substituents is 1. The number of carbonyl (C=O) groups is 1. The minimum Gasteiger partial charge on any atom is -0.444 e. The van der Waals surface area contributed by atoms with Crippen LogP contribution in [0.4, 0.5) is 16.2 Å². The maximum atomic E-state index is 13.1. The second-order valence-electron chi connectivity index (χ2n) is 6.80. The van der Waals surface area contributed by atoms with E-state index in [1.165, 1.54) is 49.2 Å². The Balaban J connectivity index is 1.88. The SMILES string of the molecule is COC(Cn1c(-c2ccc([N+](=O)[O-])cc2)ncc(NC(=O)OCc2ccccc2)c1=O)OC. The summed E-state index contributed by atoms with van der Waals surface area (Å²) >= 11 is 0. The van der Waals surface area contributed by atoms with Crippen LogP contribution in [0.25, 0.3) is 11.4 Å². The van der Waals surface area contributed by atoms with Crippen molar-refractivity contribution >= 4 is 17.5 Å². The van der Waals surface area contributed by atoms with E-state index in [9.17, 15) is 19.7 Å². The van der Waals surface area contributed by atoms with E-state index in [0.29, 0.717) is 5.56 Å². The lowest BCUT2D eigenvalue weighted by molar-refractivity contribution is -0.384. The van der Waals surface area contributed by atoms with Crippen molar-refractivity contribution in [2.75, 3.05) is 19.5 Å². The average Bonchev–Trinajstić information content (AvgIpc) is 2.84. The number of rotatable bonds is 9. The summed E-state index contributed by atoms with van der Waals surface area (Å²) < 4.78 is 16.8. The first-order chi connectivity index (χ1) is 15.9. The van der Waals surface area contributed by atoms with E-state index < -0.39 is 22.9 Å². The van der Waals surface area contributed by atoms with Gasteiger partial charge in [0.05, 0.1) is 17.7 Å². The molecule has 0 radical (unpaired) electrons. The average molecular weight is 454 g/mol. The first kappa shape index (κ1) is 23.6. The maximum absolute atomic E-state index is 13.1. The second-order valence-corrected chi connectivity index (χ2v) is 6.80. The van der Waals surface area contributed by atoms with Gasteiger partial charge in [-0.3, -0.25) is 24.8 Å². The van der Waals surface area contributed by atoms with Crippen molar-refractivity contribution in [1.82, 2.24) is 9.55 Å². The predicted octanol–water partition coefficient (Wildman–Crippen LogP) is 3.19. The van der Waals surface area contributed by atoms with Crippen molar-refractivity contribution in [1.29, 1.82) is 0 Å². The Hall–Kier alpha value is -4.09. The number of nitrogens with zero attached hydrogens (tertiary/aromatic N) is 3. The van der Waals surface area contributed by atoms with Gasteiger partial charge in [-0.05, 0) is 17.7 Å². The largest absolute Gasteiger partial charge is 0.444 e. The fourth-order valence-electron chi connectivity index (χ4n) is 2.97. The Labute approximate surface area is 188 Å². The molecule has 1 aromatic heterocycles. The number of methoxy groups -OCH3 is 2. The van der Waals surface area contributed by atoms with Gasteiger partial charge < -0.3 is 14.2 Å². The molecule has 1 heterocycles. The molecule has 1 amide bonds. The number of benzene rings is 2. The van der Waals surface area contributed by atoms with Crippen LogP contribution < -0.4 is 10.9 Å². The lowest BCUT2D eigenvalue weighted by Gasteiger charge is -2.19. The predicted molar refractivity (Wildman–Crippen MR) is 119 cm³/mol. The third-order valence-electron chi connectivity index (χ3n) is 4.69. The van der Waals surface area contributed by atoms with E-state index >= 15 is 0 Å². The highest BCUT2D eigenvalue weighted by atomic mass is 16.7. The van der Waals surface area contributed by atoms with Crippen molar-refractivity contribution in [2.24, 2.45) is 0 Å². The molecule has 0 spiro atoms. The van der Waals surface area contributed by atoms with Gasteiger partial charge in [-0.2, -0.15) is 0 Å². The van der Waals surface area contributed by atoms with E-state index in [0.717, 1.165) is 5.56 Å². The Morgan fingerprint density at radius 3 is 2.39 bits per heavy atom. The monoisotopic (exact) mass is 454 g/mol. The molecular formula is C22H22N4O7. The van der Waals surface area contributed by atoms with Crippen LogP contribution in [0.1, 0.15) is 5.56 Å². The summed E-state index contributed by atoms with van der Waals surface area (Å²) in [6.45, 7) is -0.00959. The van der Waals surface area contributed by atoms with Gasteiger partial charge in [0.15, 0.2) is 6.29 Å². The first-order valence-electron chi connectivity index (χ1n) is 9.81. The van der Waals surface area contributed by atoms with E-state index in [2.05, 4.69) is 10.3 Å². The zero-order chi connectivity index (χ0) is 23.8. The van der Waals surface area contributed by atoms with Gasteiger partial charge in [-0.1, -0.05) is 30.3 Å². The zero-order valence-corrected chi connectivity index (χ0v) is 18.0. The minimum atomic E-state index is -0.817. The van der Waals surface area contributed by atoms with Gasteiger partial charge in [0.1, 0.15) is 18.1 Å². The summed E-state index contributed by atoms with van der Waals surface area (Å²) in [4.78, 5) is 40.1. The summed E-state index contributed by atoms with van der Waals surface area (Å²) in [5.41, 5.74) is 0.471. The molecule has 3 aromatic rings.